The normalized spacial score (nSPS) is 16.8. The molecule has 0 amide bonds. The van der Waals surface area contributed by atoms with Crippen LogP contribution in [0.5, 0.6) is 11.5 Å². The third-order valence-electron chi connectivity index (χ3n) is 21.9. The van der Waals surface area contributed by atoms with Crippen molar-refractivity contribution in [1.29, 1.82) is 0 Å². The Balaban J connectivity index is 0.881. The lowest BCUT2D eigenvalue weighted by Gasteiger charge is -2.34. The molecule has 1 fully saturated rings. The molecule has 0 saturated carbocycles. The quantitative estimate of drug-likeness (QED) is 0.0313. The molecule has 516 valence electrons. The smallest absolute Gasteiger partial charge is 0.493 e. The average Bonchev–Trinajstić information content (AvgIpc) is 1.55. The van der Waals surface area contributed by atoms with Gasteiger partial charge in [0.05, 0.1) is 55.1 Å². The van der Waals surface area contributed by atoms with Crippen LogP contribution in [0.2, 0.25) is 0 Å². The van der Waals surface area contributed by atoms with Crippen molar-refractivity contribution in [1.82, 2.24) is 8.75 Å². The number of fused-ring (bicyclic) bond motifs is 7. The van der Waals surface area contributed by atoms with E-state index >= 15 is 8.42 Å². The van der Waals surface area contributed by atoms with Crippen molar-refractivity contribution >= 4 is 83.8 Å². The van der Waals surface area contributed by atoms with Gasteiger partial charge in [0.2, 0.25) is 9.84 Å². The van der Waals surface area contributed by atoms with E-state index in [0.717, 1.165) is 168 Å². The van der Waals surface area contributed by atoms with Gasteiger partial charge < -0.3 is 18.8 Å². The number of rotatable bonds is 31. The number of hydrogen-bond donors (Lipinski definition) is 0. The fourth-order valence-corrected chi connectivity index (χ4v) is 20.4. The number of nitrogens with zero attached hydrogens (tertiary/aromatic N) is 2. The zero-order valence-electron chi connectivity index (χ0n) is 59.6. The lowest BCUT2D eigenvalue weighted by atomic mass is 9.66. The van der Waals surface area contributed by atoms with Crippen LogP contribution in [0.1, 0.15) is 205 Å². The summed E-state index contributed by atoms with van der Waals surface area (Å²) >= 11 is 8.68. The molecule has 0 radical (unpaired) electrons. The topological polar surface area (TPSA) is 96.8 Å². The Morgan fingerprint density at radius 3 is 1.47 bits per heavy atom. The lowest BCUT2D eigenvalue weighted by molar-refractivity contribution is 0.00578. The monoisotopic (exact) mass is 1460 g/mol. The third kappa shape index (κ3) is 14.0. The molecule has 1 aliphatic carbocycles. The maximum atomic E-state index is 15.5. The summed E-state index contributed by atoms with van der Waals surface area (Å²) in [6.07, 6.45) is 20.5. The molecular formula is C85H96BBrN2O6S4. The molecule has 5 heterocycles. The van der Waals surface area contributed by atoms with Crippen molar-refractivity contribution in [3.05, 3.63) is 183 Å². The highest BCUT2D eigenvalue weighted by Crippen LogP contribution is 2.58. The second-order valence-electron chi connectivity index (χ2n) is 29.0. The van der Waals surface area contributed by atoms with Gasteiger partial charge in [-0.25, -0.2) is 8.42 Å². The molecule has 14 heteroatoms. The highest BCUT2D eigenvalue weighted by atomic mass is 79.9. The molecule has 13 rings (SSSR count). The first-order chi connectivity index (χ1) is 47.9. The highest BCUT2D eigenvalue weighted by Gasteiger charge is 2.53. The molecule has 99 heavy (non-hydrogen) atoms. The molecule has 0 N–H and O–H groups in total. The van der Waals surface area contributed by atoms with Gasteiger partial charge in [-0.3, -0.25) is 0 Å². The number of unbranched alkanes of at least 4 members (excludes halogenated alkanes) is 8. The second kappa shape index (κ2) is 30.4. The van der Waals surface area contributed by atoms with E-state index in [4.69, 9.17) is 27.5 Å². The summed E-state index contributed by atoms with van der Waals surface area (Å²) in [5.41, 5.74) is 16.3. The Hall–Kier alpha value is -6.23. The first kappa shape index (κ1) is 71.2. The molecule has 2 unspecified atom stereocenters. The van der Waals surface area contributed by atoms with Crippen LogP contribution in [0, 0.1) is 11.8 Å². The molecule has 0 spiro atoms. The van der Waals surface area contributed by atoms with Gasteiger partial charge in [-0.15, -0.1) is 22.7 Å². The molecule has 0 bridgehead atoms. The Kier molecular flexibility index (Phi) is 21.8. The fourth-order valence-electron chi connectivity index (χ4n) is 15.1. The van der Waals surface area contributed by atoms with Crippen LogP contribution in [-0.2, 0) is 37.4 Å². The number of benzene rings is 7. The molecular weight excluding hydrogens is 1360 g/mol. The summed E-state index contributed by atoms with van der Waals surface area (Å²) in [5, 5.41) is 0. The van der Waals surface area contributed by atoms with E-state index in [-0.39, 0.29) is 0 Å². The molecule has 2 atom stereocenters. The zero-order valence-corrected chi connectivity index (χ0v) is 64.4. The zero-order chi connectivity index (χ0) is 69.2. The number of thiophene rings is 2. The summed E-state index contributed by atoms with van der Waals surface area (Å²) in [5.74, 6) is 2.66. The standard InChI is InChI=1S/C85H96BBrN2O6S4/c1-11-17-21-23-27-59-48-75(71-45-46-72(80-79(71)88-98-89-80)76-49-61(82(87)97-76)28-24-22-18-12-2)96-81(59)60-31-43-70-69-42-30-58(50-77(69)99(90,91)78(70)51-60)57-29-41-67-68-44-36-64(86-94-83(7,8)84(9,10)95-86)52-74(68)85(73(67)47-57,62-32-37-65(38-33-62)92-53-55(15-5)25-19-13-3)63-34-39-66(40-35-63)93-54-56(16-6)26-20-14-4/h29-52,55-56H,11-28,53-54H2,1-10H3. The van der Waals surface area contributed by atoms with Crippen molar-refractivity contribution < 1.29 is 27.2 Å². The fraction of sp³-hybridized carbons (Fsp3) is 0.412. The van der Waals surface area contributed by atoms with E-state index in [0.29, 0.717) is 34.8 Å². The predicted octanol–water partition coefficient (Wildman–Crippen LogP) is 24.2. The van der Waals surface area contributed by atoms with Crippen molar-refractivity contribution in [3.8, 4) is 76.2 Å². The van der Waals surface area contributed by atoms with E-state index in [1.807, 2.05) is 24.3 Å². The van der Waals surface area contributed by atoms with Crippen molar-refractivity contribution in [2.24, 2.45) is 11.8 Å². The molecule has 1 saturated heterocycles. The SMILES string of the molecule is CCCCCCc1cc(-c2ccc(-c3cc(CCCCCC)c(-c4ccc5c(c4)S(=O)(=O)c4cc(-c6ccc7c(c6)C(c6ccc(OCC(CC)CCCC)cc6)(c6ccc(OCC(CC)CCCC)cc6)c6cc(B8OC(C)(C)C(C)(C)O8)ccc6-7)ccc4-5)s3)c3nsnc23)sc1Br. The average molecular weight is 1460 g/mol. The van der Waals surface area contributed by atoms with Gasteiger partial charge in [0.15, 0.2) is 0 Å². The van der Waals surface area contributed by atoms with E-state index in [9.17, 15) is 0 Å². The Bertz CT molecular complexity index is 4550. The van der Waals surface area contributed by atoms with Gasteiger partial charge in [-0.05, 0) is 215 Å². The summed E-state index contributed by atoms with van der Waals surface area (Å²) in [6, 6.07) is 52.4. The van der Waals surface area contributed by atoms with Crippen LogP contribution in [0.3, 0.4) is 0 Å². The van der Waals surface area contributed by atoms with E-state index < -0.39 is 33.6 Å². The minimum absolute atomic E-state index is 0.326. The van der Waals surface area contributed by atoms with Crippen LogP contribution in [0.4, 0.5) is 0 Å². The van der Waals surface area contributed by atoms with Gasteiger partial charge in [0.1, 0.15) is 22.5 Å². The van der Waals surface area contributed by atoms with Crippen LogP contribution in [0.25, 0.3) is 75.7 Å². The first-order valence-corrected chi connectivity index (χ1v) is 41.4. The van der Waals surface area contributed by atoms with Crippen LogP contribution < -0.4 is 14.9 Å². The number of hydrogen-bond acceptors (Lipinski definition) is 11. The van der Waals surface area contributed by atoms with Gasteiger partial charge in [0.25, 0.3) is 0 Å². The number of aromatic nitrogens is 2. The van der Waals surface area contributed by atoms with E-state index in [2.05, 4.69) is 206 Å². The van der Waals surface area contributed by atoms with Gasteiger partial charge in [-0.2, -0.15) is 8.75 Å². The molecule has 3 aromatic heterocycles. The summed E-state index contributed by atoms with van der Waals surface area (Å²) in [6.45, 7) is 23.3. The predicted molar refractivity (Wildman–Crippen MR) is 420 cm³/mol. The summed E-state index contributed by atoms with van der Waals surface area (Å²) < 4.78 is 69.0. The molecule has 2 aliphatic heterocycles. The van der Waals surface area contributed by atoms with Crippen molar-refractivity contribution in [2.45, 2.75) is 211 Å². The van der Waals surface area contributed by atoms with Crippen LogP contribution in [-0.4, -0.2) is 48.7 Å². The van der Waals surface area contributed by atoms with Gasteiger partial charge >= 0.3 is 7.12 Å². The number of halogens is 1. The highest BCUT2D eigenvalue weighted by molar-refractivity contribution is 9.11. The maximum absolute atomic E-state index is 15.5. The van der Waals surface area contributed by atoms with E-state index in [1.54, 1.807) is 22.7 Å². The van der Waals surface area contributed by atoms with Gasteiger partial charge in [-0.1, -0.05) is 210 Å². The van der Waals surface area contributed by atoms with Gasteiger partial charge in [0, 0.05) is 36.9 Å². The Morgan fingerprint density at radius 2 is 0.939 bits per heavy atom. The number of ether oxygens (including phenoxy) is 2. The maximum Gasteiger partial charge on any atom is 0.494 e. The summed E-state index contributed by atoms with van der Waals surface area (Å²) in [7, 11) is -4.56. The lowest BCUT2D eigenvalue weighted by Crippen LogP contribution is -2.41. The second-order valence-corrected chi connectivity index (χ2v) is 34.8. The van der Waals surface area contributed by atoms with Crippen molar-refractivity contribution in [3.63, 3.8) is 0 Å². The Labute approximate surface area is 610 Å². The summed E-state index contributed by atoms with van der Waals surface area (Å²) in [4.78, 5) is 4.08. The molecule has 3 aliphatic rings. The molecule has 8 nitrogen and oxygen atoms in total. The van der Waals surface area contributed by atoms with Crippen LogP contribution >= 0.6 is 50.3 Å². The molecule has 10 aromatic rings. The largest absolute Gasteiger partial charge is 0.494 e. The Morgan fingerprint density at radius 1 is 0.485 bits per heavy atom. The minimum Gasteiger partial charge on any atom is -0.493 e. The first-order valence-electron chi connectivity index (χ1n) is 36.8. The number of sulfone groups is 1. The van der Waals surface area contributed by atoms with Crippen molar-refractivity contribution in [2.75, 3.05) is 13.2 Å². The molecule has 7 aromatic carbocycles. The number of aryl methyl sites for hydroxylation is 2. The minimum atomic E-state index is -3.97. The van der Waals surface area contributed by atoms with E-state index in [1.165, 1.54) is 89.3 Å². The third-order valence-corrected chi connectivity index (χ3v) is 27.5. The van der Waals surface area contributed by atoms with Crippen LogP contribution in [0.15, 0.2) is 159 Å².